The monoisotopic (exact) mass is 1300 g/mol. The van der Waals surface area contributed by atoms with Crippen molar-refractivity contribution in [2.75, 3.05) is 88.4 Å². The third-order valence-electron chi connectivity index (χ3n) is 13.0. The number of aromatic hydroxyl groups is 1. The summed E-state index contributed by atoms with van der Waals surface area (Å²) in [7, 11) is 1.51. The Kier molecular flexibility index (Phi) is 26.5. The minimum Gasteiger partial charge on any atom is -0.508 e. The van der Waals surface area contributed by atoms with Crippen molar-refractivity contribution in [2.45, 2.75) is 26.7 Å². The molecule has 5 heterocycles. The number of hydrogen-bond acceptors (Lipinski definition) is 22. The maximum absolute atomic E-state index is 13.1. The van der Waals surface area contributed by atoms with E-state index >= 15 is 0 Å². The van der Waals surface area contributed by atoms with Crippen molar-refractivity contribution in [2.24, 2.45) is 0 Å². The molecule has 6 aromatic rings. The van der Waals surface area contributed by atoms with Gasteiger partial charge in [0.05, 0.1) is 45.2 Å². The van der Waals surface area contributed by atoms with Crippen molar-refractivity contribution in [3.63, 3.8) is 0 Å². The minimum absolute atomic E-state index is 0.00482. The molecule has 1 saturated heterocycles. The Hall–Kier alpha value is -9.89. The van der Waals surface area contributed by atoms with E-state index in [0.717, 1.165) is 9.40 Å². The molecule has 3 aliphatic rings. The third-order valence-corrected chi connectivity index (χ3v) is 14.1. The lowest BCUT2D eigenvalue weighted by atomic mass is 10.0. The molecule has 484 valence electrons. The van der Waals surface area contributed by atoms with Gasteiger partial charge in [0.1, 0.15) is 30.8 Å². The number of benzene rings is 4. The molecule has 0 radical (unpaired) electrons. The second kappa shape index (κ2) is 36.4. The van der Waals surface area contributed by atoms with Gasteiger partial charge in [0.15, 0.2) is 66.9 Å². The number of hydrogen-bond donors (Lipinski definition) is 2. The van der Waals surface area contributed by atoms with E-state index in [4.69, 9.17) is 81.3 Å². The van der Waals surface area contributed by atoms with E-state index in [2.05, 4.69) is 47.1 Å². The summed E-state index contributed by atoms with van der Waals surface area (Å²) >= 11 is 1.44. The predicted octanol–water partition coefficient (Wildman–Crippen LogP) is 11.0. The van der Waals surface area contributed by atoms with Gasteiger partial charge in [-0.3, -0.25) is 9.59 Å². The van der Waals surface area contributed by atoms with Gasteiger partial charge in [-0.05, 0) is 129 Å². The van der Waals surface area contributed by atoms with Gasteiger partial charge in [-0.2, -0.15) is 9.79 Å². The fourth-order valence-corrected chi connectivity index (χ4v) is 9.82. The Balaban J connectivity index is 1.10. The van der Waals surface area contributed by atoms with Gasteiger partial charge < -0.3 is 76.6 Å². The maximum Gasteiger partial charge on any atom is 0.429 e. The van der Waals surface area contributed by atoms with Crippen LogP contribution in [-0.2, 0) is 66.6 Å². The van der Waals surface area contributed by atoms with Gasteiger partial charge in [0.2, 0.25) is 11.8 Å². The van der Waals surface area contributed by atoms with Crippen LogP contribution in [0.4, 0.5) is 4.79 Å². The zero-order chi connectivity index (χ0) is 65.7. The first kappa shape index (κ1) is 68.5. The molecule has 0 atom stereocenters. The molecular formula is C70H64N4O19S. The number of likely N-dealkylation sites (tertiary alicyclic amines) is 1. The number of imide groups is 3. The van der Waals surface area contributed by atoms with Crippen molar-refractivity contribution in [1.29, 1.82) is 0 Å². The number of phenols is 1. The first-order valence-electron chi connectivity index (χ1n) is 29.0. The molecule has 1 fully saturated rings. The largest absolute Gasteiger partial charge is 0.508 e. The summed E-state index contributed by atoms with van der Waals surface area (Å²) in [5.41, 5.74) is 7.69. The molecule has 3 aliphatic heterocycles. The quantitative estimate of drug-likeness (QED) is 0.0110. The number of carbonyl (C=O) groups excluding carboxylic acids is 3. The summed E-state index contributed by atoms with van der Waals surface area (Å²) in [6.45, 7) is 7.87. The maximum atomic E-state index is 13.1. The minimum atomic E-state index is -1.09. The fraction of sp³-hybridized carbons (Fsp3) is 0.243. The summed E-state index contributed by atoms with van der Waals surface area (Å²) in [6.07, 6.45) is 7.85. The SMILES string of the molecule is C=Cc1[nH]c(C)c(C#Cc2cccc(O)c2)c2nc(c(C#Cc3cccc(OCOCOCOCOCOCOC)c3)c3ccc(s3)c(-c3ccc(OC(=O)N4C(=O)CCC4=O)cc3)c3nc(c1C#Cc1cccc(OOCOCOCOCOCOCC)c1)C=C3)C=C2. The average molecular weight is 1300 g/mol. The Morgan fingerprint density at radius 3 is 1.71 bits per heavy atom. The molecule has 24 heteroatoms. The van der Waals surface area contributed by atoms with Crippen LogP contribution in [-0.4, -0.2) is 131 Å². The summed E-state index contributed by atoms with van der Waals surface area (Å²) < 4.78 is 70.0. The van der Waals surface area contributed by atoms with Crippen molar-refractivity contribution in [1.82, 2.24) is 19.9 Å². The number of aromatic nitrogens is 3. The highest BCUT2D eigenvalue weighted by Crippen LogP contribution is 2.37. The Labute approximate surface area is 545 Å². The number of amides is 3. The van der Waals surface area contributed by atoms with Gasteiger partial charge in [-0.15, -0.1) is 11.3 Å². The molecule has 2 aromatic heterocycles. The molecule has 23 nitrogen and oxygen atoms in total. The number of ether oxygens (including phenoxy) is 13. The lowest BCUT2D eigenvalue weighted by Gasteiger charge is -2.12. The highest BCUT2D eigenvalue weighted by Gasteiger charge is 2.36. The van der Waals surface area contributed by atoms with Gasteiger partial charge in [0.25, 0.3) is 0 Å². The Bertz CT molecular complexity index is 4110. The molecule has 4 aromatic carbocycles. The zero-order valence-corrected chi connectivity index (χ0v) is 52.2. The summed E-state index contributed by atoms with van der Waals surface area (Å²) in [6, 6.07) is 31.4. The van der Waals surface area contributed by atoms with Crippen LogP contribution in [0, 0.1) is 42.4 Å². The highest BCUT2D eigenvalue weighted by atomic mass is 32.1. The number of thiophene rings is 1. The number of fused-ring (bicyclic) bond motifs is 6. The highest BCUT2D eigenvalue weighted by molar-refractivity contribution is 7.24. The Morgan fingerprint density at radius 2 is 1.09 bits per heavy atom. The number of phenolic OH excluding ortho intramolecular Hbond substituents is 1. The number of aromatic amines is 1. The van der Waals surface area contributed by atoms with E-state index in [1.54, 1.807) is 84.9 Å². The van der Waals surface area contributed by atoms with Gasteiger partial charge in [-0.25, -0.2) is 14.8 Å². The topological polar surface area (TPSA) is 255 Å². The van der Waals surface area contributed by atoms with E-state index in [9.17, 15) is 19.5 Å². The van der Waals surface area contributed by atoms with Crippen LogP contribution in [0.15, 0.2) is 116 Å². The van der Waals surface area contributed by atoms with Crippen LogP contribution in [0.1, 0.15) is 87.3 Å². The predicted molar refractivity (Wildman–Crippen MR) is 344 cm³/mol. The van der Waals surface area contributed by atoms with Crippen LogP contribution in [0.5, 0.6) is 23.0 Å². The zero-order valence-electron chi connectivity index (χ0n) is 51.4. The van der Waals surface area contributed by atoms with Crippen LogP contribution in [0.2, 0.25) is 0 Å². The van der Waals surface area contributed by atoms with E-state index in [1.165, 1.54) is 18.4 Å². The second-order valence-electron chi connectivity index (χ2n) is 19.6. The number of carbonyl (C=O) groups is 3. The van der Waals surface area contributed by atoms with Crippen molar-refractivity contribution in [3.8, 4) is 69.6 Å². The first-order chi connectivity index (χ1) is 46.1. The van der Waals surface area contributed by atoms with E-state index in [1.807, 2.05) is 68.5 Å². The lowest BCUT2D eigenvalue weighted by molar-refractivity contribution is -0.288. The number of aryl methyl sites for hydroxylation is 1. The average Bonchev–Trinajstić information content (AvgIpc) is 1.69. The lowest BCUT2D eigenvalue weighted by Crippen LogP contribution is -2.37. The molecule has 0 spiro atoms. The molecular weight excluding hydrogens is 1230 g/mol. The number of rotatable bonds is 29. The molecule has 94 heavy (non-hydrogen) atoms. The summed E-state index contributed by atoms with van der Waals surface area (Å²) in [5.74, 6) is 19.7. The van der Waals surface area contributed by atoms with Crippen LogP contribution >= 0.6 is 11.3 Å². The van der Waals surface area contributed by atoms with Gasteiger partial charge in [-0.1, -0.05) is 72.4 Å². The van der Waals surface area contributed by atoms with E-state index in [-0.39, 0.29) is 99.1 Å². The van der Waals surface area contributed by atoms with Crippen LogP contribution < -0.4 is 14.4 Å². The number of nitrogens with one attached hydrogen (secondary N) is 1. The Morgan fingerprint density at radius 1 is 0.574 bits per heavy atom. The summed E-state index contributed by atoms with van der Waals surface area (Å²) in [4.78, 5) is 63.4. The van der Waals surface area contributed by atoms with Crippen molar-refractivity contribution < 1.29 is 90.8 Å². The van der Waals surface area contributed by atoms with Crippen molar-refractivity contribution in [3.05, 3.63) is 183 Å². The van der Waals surface area contributed by atoms with Crippen LogP contribution in [0.3, 0.4) is 0 Å². The molecule has 9 rings (SSSR count). The smallest absolute Gasteiger partial charge is 0.429 e. The number of nitrogens with zero attached hydrogens (tertiary/aromatic N) is 3. The number of methoxy groups -OCH3 is 1. The van der Waals surface area contributed by atoms with E-state index < -0.39 is 17.9 Å². The van der Waals surface area contributed by atoms with Crippen molar-refractivity contribution >= 4 is 69.0 Å². The summed E-state index contributed by atoms with van der Waals surface area (Å²) in [5, 5.41) is 10.4. The molecule has 0 saturated carbocycles. The molecule has 6 bridgehead atoms. The second-order valence-corrected chi connectivity index (χ2v) is 20.7. The molecule has 0 unspecified atom stereocenters. The molecule has 0 aliphatic carbocycles. The van der Waals surface area contributed by atoms with E-state index in [0.29, 0.717) is 102 Å². The third kappa shape index (κ3) is 20.3. The first-order valence-corrected chi connectivity index (χ1v) is 29.8. The standard InChI is InChI=1S/C70H64N4O19S/c1-5-60-58(24-17-51-12-9-15-56(36-51)93-91-47-89-45-87-43-84-40-82-38-80-6-2)62-28-29-64(73-62)69(52-19-21-54(22-20-52)92-70(78)74-67(76)32-33-68(74)77)66-31-30-65(94-66)59(63-27-26-61(72-63)57(48(3)71-60)23-16-49-10-7-13-53(75)34-49)25-18-50-11-8-14-55(35-50)90-46-88-44-86-42-85-41-83-39-81-37-79-4/h5,7-15,19-22,26-31,34-36,71,75H,1,6,32-33,37-47H2,2-4H3. The van der Waals surface area contributed by atoms with Gasteiger partial charge in [0, 0.05) is 63.9 Å². The molecule has 3 amide bonds. The van der Waals surface area contributed by atoms with Gasteiger partial charge >= 0.3 is 6.09 Å². The fourth-order valence-electron chi connectivity index (χ4n) is 8.73. The molecule has 2 N–H and O–H groups in total. The normalized spacial score (nSPS) is 12.1. The van der Waals surface area contributed by atoms with Crippen LogP contribution in [0.25, 0.3) is 50.9 Å². The number of H-pyrrole nitrogens is 1.